The molecule has 0 saturated heterocycles. The molecule has 0 aliphatic rings. The molecule has 0 aliphatic heterocycles. The zero-order chi connectivity index (χ0) is 15.7. The first-order valence-corrected chi connectivity index (χ1v) is 8.23. The van der Waals surface area contributed by atoms with Gasteiger partial charge in [-0.1, -0.05) is 48.7 Å². The zero-order valence-electron chi connectivity index (χ0n) is 12.7. The average molecular weight is 355 g/mol. The normalized spacial score (nSPS) is 10.2. The van der Waals surface area contributed by atoms with Gasteiger partial charge in [0.05, 0.1) is 0 Å². The molecule has 21 heavy (non-hydrogen) atoms. The highest BCUT2D eigenvalue weighted by atomic mass is 79.9. The second kappa shape index (κ2) is 9.55. The molecule has 0 atom stereocenters. The molecular weight excluding hydrogens is 332 g/mol. The smallest absolute Gasteiger partial charge is 0.313 e. The van der Waals surface area contributed by atoms with E-state index in [0.717, 1.165) is 30.2 Å². The minimum absolute atomic E-state index is 0.447. The summed E-state index contributed by atoms with van der Waals surface area (Å²) in [6.07, 6.45) is 3.84. The predicted molar refractivity (Wildman–Crippen MR) is 89.2 cm³/mol. The first-order chi connectivity index (χ1) is 10.1. The van der Waals surface area contributed by atoms with E-state index in [1.807, 2.05) is 12.1 Å². The van der Waals surface area contributed by atoms with E-state index in [4.69, 9.17) is 0 Å². The minimum Gasteiger partial charge on any atom is -0.334 e. The molecular formula is C16H23BrN2O2. The molecule has 0 aliphatic carbocycles. The van der Waals surface area contributed by atoms with Gasteiger partial charge in [-0.3, -0.25) is 9.59 Å². The number of hydrogen-bond acceptors (Lipinski definition) is 2. The molecule has 0 radical (unpaired) electrons. The van der Waals surface area contributed by atoms with Gasteiger partial charge in [0.15, 0.2) is 0 Å². The van der Waals surface area contributed by atoms with E-state index >= 15 is 0 Å². The number of rotatable bonds is 7. The summed E-state index contributed by atoms with van der Waals surface area (Å²) < 4.78 is 0.863. The van der Waals surface area contributed by atoms with Crippen LogP contribution in [-0.4, -0.2) is 29.8 Å². The Hall–Kier alpha value is -1.36. The Kier molecular flexibility index (Phi) is 8.05. The van der Waals surface area contributed by atoms with Gasteiger partial charge in [-0.2, -0.15) is 0 Å². The van der Waals surface area contributed by atoms with Crippen molar-refractivity contribution in [2.45, 2.75) is 39.5 Å². The lowest BCUT2D eigenvalue weighted by atomic mass is 10.2. The van der Waals surface area contributed by atoms with Gasteiger partial charge in [-0.15, -0.1) is 0 Å². The molecule has 4 nitrogen and oxygen atoms in total. The number of carbonyl (C=O) groups excluding carboxylic acids is 2. The van der Waals surface area contributed by atoms with Crippen LogP contribution < -0.4 is 5.32 Å². The molecule has 1 aromatic rings. The number of halogens is 1. The van der Waals surface area contributed by atoms with Crippen molar-refractivity contribution in [2.75, 3.05) is 18.4 Å². The lowest BCUT2D eigenvalue weighted by molar-refractivity contribution is -0.143. The number of anilines is 1. The Morgan fingerprint density at radius 3 is 2.29 bits per heavy atom. The SMILES string of the molecule is CCCCN(CCCC)C(=O)C(=O)Nc1cccc(Br)c1. The fraction of sp³-hybridized carbons (Fsp3) is 0.500. The van der Waals surface area contributed by atoms with Crippen LogP contribution in [0.1, 0.15) is 39.5 Å². The molecule has 5 heteroatoms. The standard InChI is InChI=1S/C16H23BrN2O2/c1-3-5-10-19(11-6-4-2)16(21)15(20)18-14-9-7-8-13(17)12-14/h7-9,12H,3-6,10-11H2,1-2H3,(H,18,20). The van der Waals surface area contributed by atoms with Gasteiger partial charge < -0.3 is 10.2 Å². The van der Waals surface area contributed by atoms with Gasteiger partial charge in [0.25, 0.3) is 0 Å². The van der Waals surface area contributed by atoms with Crippen molar-refractivity contribution < 1.29 is 9.59 Å². The Balaban J connectivity index is 2.65. The van der Waals surface area contributed by atoms with Gasteiger partial charge in [-0.25, -0.2) is 0 Å². The maximum absolute atomic E-state index is 12.2. The minimum atomic E-state index is -0.569. The summed E-state index contributed by atoms with van der Waals surface area (Å²) in [6, 6.07) is 7.22. The molecule has 0 aromatic heterocycles. The summed E-state index contributed by atoms with van der Waals surface area (Å²) in [5.74, 6) is -1.02. The van der Waals surface area contributed by atoms with Gasteiger partial charge >= 0.3 is 11.8 Å². The van der Waals surface area contributed by atoms with Crippen LogP contribution in [0.2, 0.25) is 0 Å². The topological polar surface area (TPSA) is 49.4 Å². The highest BCUT2D eigenvalue weighted by Gasteiger charge is 2.21. The van der Waals surface area contributed by atoms with Gasteiger partial charge in [0.2, 0.25) is 0 Å². The molecule has 2 amide bonds. The Morgan fingerprint density at radius 1 is 1.14 bits per heavy atom. The highest BCUT2D eigenvalue weighted by molar-refractivity contribution is 9.10. The van der Waals surface area contributed by atoms with Crippen LogP contribution in [0, 0.1) is 0 Å². The number of nitrogens with zero attached hydrogens (tertiary/aromatic N) is 1. The third-order valence-electron chi connectivity index (χ3n) is 3.13. The van der Waals surface area contributed by atoms with E-state index in [2.05, 4.69) is 35.1 Å². The summed E-state index contributed by atoms with van der Waals surface area (Å²) in [5, 5.41) is 2.66. The van der Waals surface area contributed by atoms with Crippen LogP contribution in [0.3, 0.4) is 0 Å². The fourth-order valence-corrected chi connectivity index (χ4v) is 2.31. The van der Waals surface area contributed by atoms with Crippen LogP contribution in [0.5, 0.6) is 0 Å². The largest absolute Gasteiger partial charge is 0.334 e. The van der Waals surface area contributed by atoms with Crippen LogP contribution in [-0.2, 0) is 9.59 Å². The first-order valence-electron chi connectivity index (χ1n) is 7.44. The summed E-state index contributed by atoms with van der Waals surface area (Å²) in [7, 11) is 0. The van der Waals surface area contributed by atoms with Crippen molar-refractivity contribution in [3.05, 3.63) is 28.7 Å². The van der Waals surface area contributed by atoms with E-state index < -0.39 is 11.8 Å². The van der Waals surface area contributed by atoms with Crippen molar-refractivity contribution in [3.8, 4) is 0 Å². The zero-order valence-corrected chi connectivity index (χ0v) is 14.3. The summed E-state index contributed by atoms with van der Waals surface area (Å²) in [6.45, 7) is 5.43. The molecule has 0 bridgehead atoms. The number of amides is 2. The van der Waals surface area contributed by atoms with Gasteiger partial charge in [0, 0.05) is 23.2 Å². The molecule has 116 valence electrons. The highest BCUT2D eigenvalue weighted by Crippen LogP contribution is 2.15. The molecule has 0 fully saturated rings. The second-order valence-electron chi connectivity index (χ2n) is 4.96. The first kappa shape index (κ1) is 17.7. The Bertz CT molecular complexity index is 469. The molecule has 0 heterocycles. The van der Waals surface area contributed by atoms with Crippen molar-refractivity contribution in [1.82, 2.24) is 4.90 Å². The number of unbranched alkanes of at least 4 members (excludes halogenated alkanes) is 2. The molecule has 0 saturated carbocycles. The van der Waals surface area contributed by atoms with Crippen LogP contribution in [0.4, 0.5) is 5.69 Å². The summed E-state index contributed by atoms with van der Waals surface area (Å²) >= 11 is 3.34. The van der Waals surface area contributed by atoms with Crippen LogP contribution >= 0.6 is 15.9 Å². The third-order valence-corrected chi connectivity index (χ3v) is 3.62. The van der Waals surface area contributed by atoms with E-state index in [9.17, 15) is 9.59 Å². The Morgan fingerprint density at radius 2 is 1.76 bits per heavy atom. The Labute approximate surface area is 135 Å². The van der Waals surface area contributed by atoms with E-state index in [0.29, 0.717) is 18.8 Å². The maximum atomic E-state index is 12.2. The monoisotopic (exact) mass is 354 g/mol. The number of nitrogens with one attached hydrogen (secondary N) is 1. The third kappa shape index (κ3) is 6.29. The number of hydrogen-bond donors (Lipinski definition) is 1. The fourth-order valence-electron chi connectivity index (χ4n) is 1.91. The van der Waals surface area contributed by atoms with Crippen LogP contribution in [0.15, 0.2) is 28.7 Å². The van der Waals surface area contributed by atoms with Crippen molar-refractivity contribution in [1.29, 1.82) is 0 Å². The average Bonchev–Trinajstić information content (AvgIpc) is 2.47. The maximum Gasteiger partial charge on any atom is 0.313 e. The summed E-state index contributed by atoms with van der Waals surface area (Å²) in [4.78, 5) is 26.0. The van der Waals surface area contributed by atoms with E-state index in [1.54, 1.807) is 17.0 Å². The molecule has 1 rings (SSSR count). The van der Waals surface area contributed by atoms with Crippen molar-refractivity contribution in [3.63, 3.8) is 0 Å². The van der Waals surface area contributed by atoms with Gasteiger partial charge in [0.1, 0.15) is 0 Å². The van der Waals surface area contributed by atoms with Crippen molar-refractivity contribution in [2.24, 2.45) is 0 Å². The molecule has 1 aromatic carbocycles. The van der Waals surface area contributed by atoms with Gasteiger partial charge in [-0.05, 0) is 31.0 Å². The molecule has 1 N–H and O–H groups in total. The lowest BCUT2D eigenvalue weighted by Crippen LogP contribution is -2.40. The lowest BCUT2D eigenvalue weighted by Gasteiger charge is -2.21. The molecule has 0 spiro atoms. The predicted octanol–water partition coefficient (Wildman–Crippen LogP) is 3.82. The summed E-state index contributed by atoms with van der Waals surface area (Å²) in [5.41, 5.74) is 0.619. The second-order valence-corrected chi connectivity index (χ2v) is 5.88. The van der Waals surface area contributed by atoms with Crippen LogP contribution in [0.25, 0.3) is 0 Å². The van der Waals surface area contributed by atoms with Crippen molar-refractivity contribution >= 4 is 33.4 Å². The quantitative estimate of drug-likeness (QED) is 0.756. The van der Waals surface area contributed by atoms with E-state index in [1.165, 1.54) is 0 Å². The van der Waals surface area contributed by atoms with E-state index in [-0.39, 0.29) is 0 Å². The molecule has 0 unspecified atom stereocenters. The number of benzene rings is 1. The number of carbonyl (C=O) groups is 2.